The number of hydrogen-bond donors (Lipinski definition) is 2. The van der Waals surface area contributed by atoms with Crippen molar-refractivity contribution in [3.05, 3.63) is 23.0 Å². The third-order valence-electron chi connectivity index (χ3n) is 2.55. The fourth-order valence-corrected chi connectivity index (χ4v) is 2.34. The summed E-state index contributed by atoms with van der Waals surface area (Å²) in [6.45, 7) is 3.31. The van der Waals surface area contributed by atoms with Crippen LogP contribution in [0.1, 0.15) is 29.0 Å². The van der Waals surface area contributed by atoms with E-state index in [-0.39, 0.29) is 31.4 Å². The molecule has 108 valence electrons. The Hall–Kier alpha value is -0.980. The Morgan fingerprint density at radius 2 is 2.21 bits per heavy atom. The van der Waals surface area contributed by atoms with E-state index in [0.29, 0.717) is 16.8 Å². The summed E-state index contributed by atoms with van der Waals surface area (Å²) in [5.41, 5.74) is 1.24. The van der Waals surface area contributed by atoms with Crippen LogP contribution < -0.4 is 0 Å². The first-order chi connectivity index (χ1) is 8.56. The number of aliphatic hydroxyl groups excluding tert-OH is 1. The second-order valence-corrected chi connectivity index (χ2v) is 4.59. The van der Waals surface area contributed by atoms with Crippen molar-refractivity contribution in [1.29, 1.82) is 0 Å². The monoisotopic (exact) mass is 307 g/mol. The first kappa shape index (κ1) is 18.0. The molecule has 19 heavy (non-hydrogen) atoms. The topological polar surface area (TPSA) is 79.7 Å². The molecule has 7 heteroatoms. The SMILES string of the molecule is CCOC(=O)C(SC)c1cnc(C)c(O)c1CO.Cl. The Morgan fingerprint density at radius 3 is 2.68 bits per heavy atom. The summed E-state index contributed by atoms with van der Waals surface area (Å²) >= 11 is 1.28. The summed E-state index contributed by atoms with van der Waals surface area (Å²) < 4.78 is 4.97. The van der Waals surface area contributed by atoms with Crippen LogP contribution >= 0.6 is 24.2 Å². The van der Waals surface area contributed by atoms with E-state index in [9.17, 15) is 15.0 Å². The van der Waals surface area contributed by atoms with Gasteiger partial charge in [0.2, 0.25) is 0 Å². The first-order valence-electron chi connectivity index (χ1n) is 5.54. The molecule has 1 aromatic heterocycles. The average molecular weight is 308 g/mol. The minimum Gasteiger partial charge on any atom is -0.506 e. The highest BCUT2D eigenvalue weighted by atomic mass is 35.5. The normalized spacial score (nSPS) is 11.6. The third kappa shape index (κ3) is 3.99. The molecular formula is C12H18ClNO4S. The smallest absolute Gasteiger partial charge is 0.323 e. The molecule has 0 fully saturated rings. The lowest BCUT2D eigenvalue weighted by Crippen LogP contribution is -2.15. The lowest BCUT2D eigenvalue weighted by molar-refractivity contribution is -0.142. The zero-order valence-corrected chi connectivity index (χ0v) is 12.7. The van der Waals surface area contributed by atoms with Crippen LogP contribution in [0.2, 0.25) is 0 Å². The predicted octanol–water partition coefficient (Wildman–Crippen LogP) is 1.98. The van der Waals surface area contributed by atoms with Crippen LogP contribution in [0.25, 0.3) is 0 Å². The number of ether oxygens (including phenoxy) is 1. The largest absolute Gasteiger partial charge is 0.506 e. The second-order valence-electron chi connectivity index (χ2n) is 3.65. The van der Waals surface area contributed by atoms with Gasteiger partial charge < -0.3 is 14.9 Å². The van der Waals surface area contributed by atoms with Gasteiger partial charge in [0.1, 0.15) is 11.0 Å². The predicted molar refractivity (Wildman–Crippen MR) is 76.7 cm³/mol. The van der Waals surface area contributed by atoms with E-state index in [0.717, 1.165) is 0 Å². The molecule has 1 aromatic rings. The third-order valence-corrected chi connectivity index (χ3v) is 3.47. The van der Waals surface area contributed by atoms with Crippen molar-refractivity contribution in [1.82, 2.24) is 4.98 Å². The Morgan fingerprint density at radius 1 is 1.58 bits per heavy atom. The molecule has 0 aliphatic carbocycles. The Balaban J connectivity index is 0.00000324. The number of aliphatic hydroxyl groups is 1. The zero-order valence-electron chi connectivity index (χ0n) is 11.0. The quantitative estimate of drug-likeness (QED) is 0.810. The summed E-state index contributed by atoms with van der Waals surface area (Å²) in [6.07, 6.45) is 3.26. The lowest BCUT2D eigenvalue weighted by atomic mass is 10.1. The molecule has 1 atom stereocenters. The molecular weight excluding hydrogens is 290 g/mol. The van der Waals surface area contributed by atoms with Crippen LogP contribution in [0.4, 0.5) is 0 Å². The van der Waals surface area contributed by atoms with Gasteiger partial charge in [-0.15, -0.1) is 24.2 Å². The number of aryl methyl sites for hydroxylation is 1. The number of carbonyl (C=O) groups excluding carboxylic acids is 1. The summed E-state index contributed by atoms with van der Waals surface area (Å²) in [5.74, 6) is -0.469. The molecule has 0 aliphatic rings. The van der Waals surface area contributed by atoms with Gasteiger partial charge in [0.25, 0.3) is 0 Å². The van der Waals surface area contributed by atoms with E-state index >= 15 is 0 Å². The number of aromatic nitrogens is 1. The van der Waals surface area contributed by atoms with Gasteiger partial charge in [-0.3, -0.25) is 9.78 Å². The molecule has 1 rings (SSSR count). The molecule has 0 radical (unpaired) electrons. The Bertz CT molecular complexity index is 442. The molecule has 1 heterocycles. The minimum atomic E-state index is -0.592. The van der Waals surface area contributed by atoms with Crippen LogP contribution in [0, 0.1) is 6.92 Å². The standard InChI is InChI=1S/C12H17NO4S.ClH/c1-4-17-12(16)11(18-3)8-5-13-7(2)10(15)9(8)6-14;/h5,11,14-15H,4,6H2,1-3H3;1H. The van der Waals surface area contributed by atoms with Gasteiger partial charge in [0.15, 0.2) is 0 Å². The van der Waals surface area contributed by atoms with Crippen LogP contribution in [0.3, 0.4) is 0 Å². The Labute approximate surface area is 122 Å². The summed E-state index contributed by atoms with van der Waals surface area (Å²) in [5, 5.41) is 18.6. The first-order valence-corrected chi connectivity index (χ1v) is 6.83. The maximum Gasteiger partial charge on any atom is 0.323 e. The molecule has 0 amide bonds. The van der Waals surface area contributed by atoms with Crippen LogP contribution in [0.15, 0.2) is 6.20 Å². The van der Waals surface area contributed by atoms with Crippen molar-refractivity contribution in [2.24, 2.45) is 0 Å². The molecule has 0 bridgehead atoms. The molecule has 2 N–H and O–H groups in total. The van der Waals surface area contributed by atoms with E-state index in [2.05, 4.69) is 4.98 Å². The highest BCUT2D eigenvalue weighted by Crippen LogP contribution is 2.34. The number of rotatable bonds is 5. The van der Waals surface area contributed by atoms with Crippen LogP contribution in [0.5, 0.6) is 5.75 Å². The fraction of sp³-hybridized carbons (Fsp3) is 0.500. The number of esters is 1. The van der Waals surface area contributed by atoms with E-state index < -0.39 is 11.2 Å². The lowest BCUT2D eigenvalue weighted by Gasteiger charge is -2.17. The Kier molecular flexibility index (Phi) is 7.82. The number of pyridine rings is 1. The van der Waals surface area contributed by atoms with Gasteiger partial charge in [-0.25, -0.2) is 0 Å². The van der Waals surface area contributed by atoms with Gasteiger partial charge in [-0.2, -0.15) is 0 Å². The highest BCUT2D eigenvalue weighted by molar-refractivity contribution is 7.99. The maximum absolute atomic E-state index is 11.8. The van der Waals surface area contributed by atoms with Gasteiger partial charge in [0.05, 0.1) is 18.9 Å². The van der Waals surface area contributed by atoms with Crippen molar-refractivity contribution in [3.63, 3.8) is 0 Å². The van der Waals surface area contributed by atoms with Gasteiger partial charge in [-0.05, 0) is 20.1 Å². The molecule has 5 nitrogen and oxygen atoms in total. The van der Waals surface area contributed by atoms with Gasteiger partial charge in [0, 0.05) is 17.3 Å². The molecule has 0 saturated heterocycles. The number of carbonyl (C=O) groups is 1. The molecule has 0 aliphatic heterocycles. The number of thioether (sulfide) groups is 1. The van der Waals surface area contributed by atoms with Crippen molar-refractivity contribution < 1.29 is 19.7 Å². The van der Waals surface area contributed by atoms with Crippen molar-refractivity contribution in [3.8, 4) is 5.75 Å². The molecule has 0 aromatic carbocycles. The zero-order chi connectivity index (χ0) is 13.7. The summed E-state index contributed by atoms with van der Waals surface area (Å²) in [7, 11) is 0. The number of aromatic hydroxyl groups is 1. The highest BCUT2D eigenvalue weighted by Gasteiger charge is 2.26. The van der Waals surface area contributed by atoms with Crippen molar-refractivity contribution >= 4 is 30.1 Å². The van der Waals surface area contributed by atoms with Gasteiger partial charge in [-0.1, -0.05) is 0 Å². The molecule has 1 unspecified atom stereocenters. The maximum atomic E-state index is 11.8. The number of nitrogens with zero attached hydrogens (tertiary/aromatic N) is 1. The molecule has 0 spiro atoms. The summed E-state index contributed by atoms with van der Waals surface area (Å²) in [4.78, 5) is 15.8. The van der Waals surface area contributed by atoms with Crippen molar-refractivity contribution in [2.75, 3.05) is 12.9 Å². The van der Waals surface area contributed by atoms with E-state index in [1.807, 2.05) is 0 Å². The fourth-order valence-electron chi connectivity index (χ4n) is 1.62. The second kappa shape index (κ2) is 8.24. The van der Waals surface area contributed by atoms with E-state index in [1.165, 1.54) is 18.0 Å². The number of halogens is 1. The van der Waals surface area contributed by atoms with Gasteiger partial charge >= 0.3 is 5.97 Å². The molecule has 0 saturated carbocycles. The average Bonchev–Trinajstić information content (AvgIpc) is 2.35. The van der Waals surface area contributed by atoms with E-state index in [4.69, 9.17) is 4.74 Å². The summed E-state index contributed by atoms with van der Waals surface area (Å²) in [6, 6.07) is 0. The van der Waals surface area contributed by atoms with Crippen LogP contribution in [-0.2, 0) is 16.1 Å². The van der Waals surface area contributed by atoms with Crippen LogP contribution in [-0.4, -0.2) is 34.0 Å². The minimum absolute atomic E-state index is 0. The number of hydrogen-bond acceptors (Lipinski definition) is 6. The van der Waals surface area contributed by atoms with Crippen molar-refractivity contribution in [2.45, 2.75) is 25.7 Å². The van der Waals surface area contributed by atoms with E-state index in [1.54, 1.807) is 20.1 Å².